The normalized spacial score (nSPS) is 10.7. The van der Waals surface area contributed by atoms with Crippen LogP contribution < -0.4 is 15.6 Å². The number of rotatable bonds is 9. The predicted octanol–water partition coefficient (Wildman–Crippen LogP) is 3.32. The highest BCUT2D eigenvalue weighted by Crippen LogP contribution is 2.27. The molecule has 0 unspecified atom stereocenters. The molecule has 0 saturated heterocycles. The van der Waals surface area contributed by atoms with Crippen LogP contribution in [0.2, 0.25) is 0 Å². The number of fused-ring (bicyclic) bond motifs is 1. The number of amides is 1. The number of carbonyl (C=O) groups excluding carboxylic acids is 2. The summed E-state index contributed by atoms with van der Waals surface area (Å²) in [5.41, 5.74) is 1.08. The van der Waals surface area contributed by atoms with Crippen LogP contribution in [-0.4, -0.2) is 34.6 Å². The average molecular weight is 478 g/mol. The zero-order valence-electron chi connectivity index (χ0n) is 18.5. The van der Waals surface area contributed by atoms with E-state index in [4.69, 9.17) is 9.47 Å². The second-order valence-corrected chi connectivity index (χ2v) is 8.47. The number of nitrogens with zero attached hydrogens (tertiary/aromatic N) is 2. The van der Waals surface area contributed by atoms with Gasteiger partial charge in [0.05, 0.1) is 11.7 Å². The van der Waals surface area contributed by atoms with Gasteiger partial charge < -0.3 is 14.8 Å². The monoisotopic (exact) mass is 477 g/mol. The van der Waals surface area contributed by atoms with E-state index in [9.17, 15) is 14.4 Å². The number of thiophene rings is 1. The van der Waals surface area contributed by atoms with Crippen LogP contribution >= 0.6 is 11.3 Å². The van der Waals surface area contributed by atoms with E-state index in [0.29, 0.717) is 33.0 Å². The van der Waals surface area contributed by atoms with Gasteiger partial charge in [0.2, 0.25) is 5.91 Å². The van der Waals surface area contributed by atoms with E-state index in [-0.39, 0.29) is 31.2 Å². The summed E-state index contributed by atoms with van der Waals surface area (Å²) >= 11 is 1.10. The molecule has 0 spiro atoms. The van der Waals surface area contributed by atoms with Crippen molar-refractivity contribution < 1.29 is 19.1 Å². The van der Waals surface area contributed by atoms with Crippen LogP contribution in [-0.2, 0) is 22.6 Å². The summed E-state index contributed by atoms with van der Waals surface area (Å²) in [6.45, 7) is 2.16. The van der Waals surface area contributed by atoms with E-state index in [1.165, 1.54) is 10.9 Å². The number of ether oxygens (including phenoxy) is 2. The quantitative estimate of drug-likeness (QED) is 0.293. The maximum atomic E-state index is 13.0. The van der Waals surface area contributed by atoms with Crippen LogP contribution in [0.1, 0.15) is 20.8 Å². The summed E-state index contributed by atoms with van der Waals surface area (Å²) in [6, 6.07) is 18.7. The van der Waals surface area contributed by atoms with Crippen molar-refractivity contribution in [3.63, 3.8) is 0 Å². The van der Waals surface area contributed by atoms with Gasteiger partial charge in [-0.25, -0.2) is 9.78 Å². The Bertz CT molecular complexity index is 1350. The average Bonchev–Trinajstić information content (AvgIpc) is 3.20. The minimum Gasteiger partial charge on any atom is -0.490 e. The van der Waals surface area contributed by atoms with Gasteiger partial charge in [-0.1, -0.05) is 48.5 Å². The summed E-state index contributed by atoms with van der Waals surface area (Å²) in [4.78, 5) is 42.9. The fourth-order valence-electron chi connectivity index (χ4n) is 3.35. The maximum absolute atomic E-state index is 13.0. The number of benzene rings is 2. The van der Waals surface area contributed by atoms with Gasteiger partial charge in [0.1, 0.15) is 35.2 Å². The lowest BCUT2D eigenvalue weighted by molar-refractivity contribution is -0.121. The highest BCUT2D eigenvalue weighted by atomic mass is 32.1. The lowest BCUT2D eigenvalue weighted by Crippen LogP contribution is -2.32. The third kappa shape index (κ3) is 5.49. The number of hydrogen-bond donors (Lipinski definition) is 1. The molecular weight excluding hydrogens is 454 g/mol. The van der Waals surface area contributed by atoms with Gasteiger partial charge in [0.15, 0.2) is 0 Å². The highest BCUT2D eigenvalue weighted by Gasteiger charge is 2.21. The largest absolute Gasteiger partial charge is 0.490 e. The Morgan fingerprint density at radius 3 is 2.47 bits per heavy atom. The van der Waals surface area contributed by atoms with Crippen LogP contribution in [0.4, 0.5) is 0 Å². The molecule has 0 aliphatic rings. The standard InChI is InChI=1S/C25H23N3O5S/c1-17-21-23(34-22(17)25(31)33-13-12-32-19-10-6-3-7-11-19)27-16-28(24(21)30)15-20(29)26-14-18-8-4-2-5-9-18/h2-11,16H,12-15H2,1H3,(H,26,29). The number of para-hydroxylation sites is 1. The number of esters is 1. The highest BCUT2D eigenvalue weighted by molar-refractivity contribution is 7.20. The molecule has 34 heavy (non-hydrogen) atoms. The van der Waals surface area contributed by atoms with Crippen molar-refractivity contribution >= 4 is 33.4 Å². The summed E-state index contributed by atoms with van der Waals surface area (Å²) in [6.07, 6.45) is 1.32. The molecule has 1 N–H and O–H groups in total. The Labute approximate surface area is 199 Å². The van der Waals surface area contributed by atoms with E-state index < -0.39 is 5.97 Å². The molecule has 0 saturated carbocycles. The first-order valence-electron chi connectivity index (χ1n) is 10.7. The van der Waals surface area contributed by atoms with Crippen molar-refractivity contribution in [3.05, 3.63) is 93.3 Å². The molecule has 0 aliphatic carbocycles. The third-order valence-electron chi connectivity index (χ3n) is 5.08. The first-order valence-corrected chi connectivity index (χ1v) is 11.5. The van der Waals surface area contributed by atoms with Crippen molar-refractivity contribution in [2.75, 3.05) is 13.2 Å². The molecule has 4 aromatic rings. The minimum atomic E-state index is -0.538. The molecular formula is C25H23N3O5S. The molecule has 9 heteroatoms. The molecule has 0 bridgehead atoms. The molecule has 0 fully saturated rings. The smallest absolute Gasteiger partial charge is 0.348 e. The van der Waals surface area contributed by atoms with Gasteiger partial charge in [-0.3, -0.25) is 14.2 Å². The fourth-order valence-corrected chi connectivity index (χ4v) is 4.38. The van der Waals surface area contributed by atoms with Crippen LogP contribution in [0, 0.1) is 6.92 Å². The Balaban J connectivity index is 1.39. The number of aryl methyl sites for hydroxylation is 1. The topological polar surface area (TPSA) is 99.5 Å². The number of carbonyl (C=O) groups is 2. The number of hydrogen-bond acceptors (Lipinski definition) is 7. The lowest BCUT2D eigenvalue weighted by atomic mass is 10.2. The van der Waals surface area contributed by atoms with Crippen LogP contribution in [0.25, 0.3) is 10.2 Å². The predicted molar refractivity (Wildman–Crippen MR) is 129 cm³/mol. The fraction of sp³-hybridized carbons (Fsp3) is 0.200. The lowest BCUT2D eigenvalue weighted by Gasteiger charge is -2.07. The maximum Gasteiger partial charge on any atom is 0.348 e. The van der Waals surface area contributed by atoms with Crippen molar-refractivity contribution in [2.24, 2.45) is 0 Å². The van der Waals surface area contributed by atoms with E-state index in [2.05, 4.69) is 10.3 Å². The van der Waals surface area contributed by atoms with Crippen molar-refractivity contribution in [1.29, 1.82) is 0 Å². The zero-order valence-corrected chi connectivity index (χ0v) is 19.3. The Kier molecular flexibility index (Phi) is 7.34. The van der Waals surface area contributed by atoms with Gasteiger partial charge in [0.25, 0.3) is 5.56 Å². The minimum absolute atomic E-state index is 0.0701. The molecule has 0 aliphatic heterocycles. The van der Waals surface area contributed by atoms with Gasteiger partial charge in [-0.15, -0.1) is 11.3 Å². The van der Waals surface area contributed by atoms with Crippen molar-refractivity contribution in [2.45, 2.75) is 20.0 Å². The zero-order chi connectivity index (χ0) is 23.9. The van der Waals surface area contributed by atoms with Crippen LogP contribution in [0.15, 0.2) is 71.8 Å². The van der Waals surface area contributed by atoms with Crippen molar-refractivity contribution in [3.8, 4) is 5.75 Å². The molecule has 0 radical (unpaired) electrons. The second-order valence-electron chi connectivity index (χ2n) is 7.47. The van der Waals surface area contributed by atoms with Gasteiger partial charge in [-0.2, -0.15) is 0 Å². The van der Waals surface area contributed by atoms with E-state index in [1.807, 2.05) is 60.7 Å². The second kappa shape index (κ2) is 10.8. The molecule has 174 valence electrons. The Hall–Kier alpha value is -3.98. The molecule has 2 aromatic heterocycles. The van der Waals surface area contributed by atoms with Gasteiger partial charge in [-0.05, 0) is 30.2 Å². The Morgan fingerprint density at radius 1 is 1.03 bits per heavy atom. The summed E-state index contributed by atoms with van der Waals surface area (Å²) in [5.74, 6) is -0.157. The first kappa shape index (κ1) is 23.2. The summed E-state index contributed by atoms with van der Waals surface area (Å²) in [7, 11) is 0. The van der Waals surface area contributed by atoms with Crippen LogP contribution in [0.3, 0.4) is 0 Å². The third-order valence-corrected chi connectivity index (χ3v) is 6.26. The van der Waals surface area contributed by atoms with Crippen molar-refractivity contribution in [1.82, 2.24) is 14.9 Å². The number of nitrogens with one attached hydrogen (secondary N) is 1. The summed E-state index contributed by atoms with van der Waals surface area (Å²) in [5, 5.41) is 3.11. The van der Waals surface area contributed by atoms with E-state index in [0.717, 1.165) is 16.9 Å². The van der Waals surface area contributed by atoms with Gasteiger partial charge >= 0.3 is 5.97 Å². The molecule has 2 heterocycles. The molecule has 1 amide bonds. The number of aromatic nitrogens is 2. The molecule has 2 aromatic carbocycles. The summed E-state index contributed by atoms with van der Waals surface area (Å²) < 4.78 is 12.1. The van der Waals surface area contributed by atoms with E-state index >= 15 is 0 Å². The molecule has 0 atom stereocenters. The first-order chi connectivity index (χ1) is 16.5. The molecule has 4 rings (SSSR count). The Morgan fingerprint density at radius 2 is 1.74 bits per heavy atom. The SMILES string of the molecule is Cc1c(C(=O)OCCOc2ccccc2)sc2ncn(CC(=O)NCc3ccccc3)c(=O)c12. The molecule has 8 nitrogen and oxygen atoms in total. The van der Waals surface area contributed by atoms with Gasteiger partial charge in [0, 0.05) is 6.54 Å². The van der Waals surface area contributed by atoms with E-state index in [1.54, 1.807) is 6.92 Å². The van der Waals surface area contributed by atoms with Crippen LogP contribution in [0.5, 0.6) is 5.75 Å².